The highest BCUT2D eigenvalue weighted by Gasteiger charge is 2.29. The second-order valence-electron chi connectivity index (χ2n) is 6.45. The van der Waals surface area contributed by atoms with Crippen LogP contribution in [0.4, 0.5) is 0 Å². The summed E-state index contributed by atoms with van der Waals surface area (Å²) in [5, 5.41) is 0. The fourth-order valence-corrected chi connectivity index (χ4v) is 2.63. The Labute approximate surface area is 166 Å². The van der Waals surface area contributed by atoms with Gasteiger partial charge in [-0.05, 0) is 28.7 Å². The third-order valence-electron chi connectivity index (χ3n) is 4.34. The summed E-state index contributed by atoms with van der Waals surface area (Å²) >= 11 is 0. The van der Waals surface area contributed by atoms with Gasteiger partial charge in [0.1, 0.15) is 13.2 Å². The van der Waals surface area contributed by atoms with Crippen LogP contribution in [0, 0.1) is 5.92 Å². The van der Waals surface area contributed by atoms with E-state index < -0.39 is 17.9 Å². The summed E-state index contributed by atoms with van der Waals surface area (Å²) in [5.74, 6) is -2.02. The first-order valence-electron chi connectivity index (χ1n) is 9.33. The molecule has 0 spiro atoms. The van der Waals surface area contributed by atoms with Gasteiger partial charge in [0.05, 0.1) is 0 Å². The molecule has 0 unspecified atom stereocenters. The summed E-state index contributed by atoms with van der Waals surface area (Å²) in [6.07, 6.45) is 4.56. The third kappa shape index (κ3) is 6.23. The maximum atomic E-state index is 12.4. The average Bonchev–Trinajstić information content (AvgIpc) is 2.74. The zero-order valence-electron chi connectivity index (χ0n) is 16.2. The number of ether oxygens (including phenoxy) is 2. The van der Waals surface area contributed by atoms with E-state index in [-0.39, 0.29) is 13.2 Å². The van der Waals surface area contributed by atoms with Crippen molar-refractivity contribution in [2.24, 2.45) is 5.92 Å². The van der Waals surface area contributed by atoms with Gasteiger partial charge in [-0.25, -0.2) is 0 Å². The summed E-state index contributed by atoms with van der Waals surface area (Å²) in [4.78, 5) is 24.8. The van der Waals surface area contributed by atoms with Crippen molar-refractivity contribution >= 4 is 24.1 Å². The standard InChI is InChI=1S/C24H26O4/c1-4-7-22(23(25)27-16-20-12-8-18(5-2)9-13-20)24(26)28-17-21-14-10-19(6-3)11-15-21/h5-6,8-15,22H,2-4,7,16-17H2,1H3. The van der Waals surface area contributed by atoms with Crippen LogP contribution in [0.25, 0.3) is 12.2 Å². The number of benzene rings is 2. The van der Waals surface area contributed by atoms with Crippen molar-refractivity contribution in [3.8, 4) is 0 Å². The van der Waals surface area contributed by atoms with Crippen LogP contribution in [-0.4, -0.2) is 11.9 Å². The van der Waals surface area contributed by atoms with Gasteiger partial charge in [-0.15, -0.1) is 0 Å². The largest absolute Gasteiger partial charge is 0.460 e. The van der Waals surface area contributed by atoms with Gasteiger partial charge in [-0.2, -0.15) is 0 Å². The third-order valence-corrected chi connectivity index (χ3v) is 4.34. The lowest BCUT2D eigenvalue weighted by molar-refractivity contribution is -0.164. The molecule has 0 aliphatic heterocycles. The molecule has 28 heavy (non-hydrogen) atoms. The molecule has 2 aromatic carbocycles. The van der Waals surface area contributed by atoms with E-state index in [2.05, 4.69) is 13.2 Å². The summed E-state index contributed by atoms with van der Waals surface area (Å²) in [7, 11) is 0. The number of hydrogen-bond acceptors (Lipinski definition) is 4. The van der Waals surface area contributed by atoms with Crippen LogP contribution in [0.2, 0.25) is 0 Å². The monoisotopic (exact) mass is 378 g/mol. The van der Waals surface area contributed by atoms with Gasteiger partial charge in [0.15, 0.2) is 5.92 Å². The Morgan fingerprint density at radius 2 is 1.21 bits per heavy atom. The summed E-state index contributed by atoms with van der Waals surface area (Å²) in [5.41, 5.74) is 3.68. The quantitative estimate of drug-likeness (QED) is 0.422. The minimum atomic E-state index is -0.912. The van der Waals surface area contributed by atoms with Gasteiger partial charge in [-0.1, -0.05) is 87.2 Å². The summed E-state index contributed by atoms with van der Waals surface area (Å²) in [6.45, 7) is 9.56. The molecule has 0 saturated heterocycles. The molecule has 0 bridgehead atoms. The van der Waals surface area contributed by atoms with Crippen molar-refractivity contribution in [3.05, 3.63) is 83.9 Å². The molecule has 0 atom stereocenters. The Morgan fingerprint density at radius 3 is 1.54 bits per heavy atom. The van der Waals surface area contributed by atoms with Crippen molar-refractivity contribution in [3.63, 3.8) is 0 Å². The van der Waals surface area contributed by atoms with Crippen LogP contribution in [-0.2, 0) is 32.3 Å². The lowest BCUT2D eigenvalue weighted by Crippen LogP contribution is -2.27. The molecule has 0 heterocycles. The molecular formula is C24H26O4. The van der Waals surface area contributed by atoms with Gasteiger partial charge in [0, 0.05) is 0 Å². The smallest absolute Gasteiger partial charge is 0.320 e. The molecule has 0 aromatic heterocycles. The van der Waals surface area contributed by atoms with E-state index in [1.165, 1.54) is 0 Å². The molecular weight excluding hydrogens is 352 g/mol. The predicted octanol–water partition coefficient (Wildman–Crippen LogP) is 5.18. The highest BCUT2D eigenvalue weighted by Crippen LogP contribution is 2.15. The van der Waals surface area contributed by atoms with E-state index in [0.717, 1.165) is 22.3 Å². The highest BCUT2D eigenvalue weighted by molar-refractivity contribution is 5.94. The lowest BCUT2D eigenvalue weighted by atomic mass is 10.0. The van der Waals surface area contributed by atoms with E-state index in [0.29, 0.717) is 12.8 Å². The Bertz CT molecular complexity index is 736. The molecule has 2 rings (SSSR count). The Balaban J connectivity index is 1.91. The summed E-state index contributed by atoms with van der Waals surface area (Å²) < 4.78 is 10.7. The van der Waals surface area contributed by atoms with Crippen molar-refractivity contribution in [2.75, 3.05) is 0 Å². The van der Waals surface area contributed by atoms with Crippen LogP contribution in [0.1, 0.15) is 42.0 Å². The first-order chi connectivity index (χ1) is 13.6. The predicted molar refractivity (Wildman–Crippen MR) is 111 cm³/mol. The van der Waals surface area contributed by atoms with Crippen molar-refractivity contribution in [1.29, 1.82) is 0 Å². The second-order valence-corrected chi connectivity index (χ2v) is 6.45. The Morgan fingerprint density at radius 1 is 0.821 bits per heavy atom. The fraction of sp³-hybridized carbons (Fsp3) is 0.250. The molecule has 4 heteroatoms. The highest BCUT2D eigenvalue weighted by atomic mass is 16.6. The van der Waals surface area contributed by atoms with Crippen LogP contribution in [0.3, 0.4) is 0 Å². The molecule has 4 nitrogen and oxygen atoms in total. The minimum absolute atomic E-state index is 0.118. The van der Waals surface area contributed by atoms with Crippen LogP contribution in [0.5, 0.6) is 0 Å². The molecule has 0 aliphatic rings. The molecule has 0 aliphatic carbocycles. The van der Waals surface area contributed by atoms with E-state index >= 15 is 0 Å². The summed E-state index contributed by atoms with van der Waals surface area (Å²) in [6, 6.07) is 15.0. The maximum Gasteiger partial charge on any atom is 0.320 e. The Kier molecular flexibility index (Phi) is 8.22. The molecule has 0 N–H and O–H groups in total. The average molecular weight is 378 g/mol. The first kappa shape index (κ1) is 21.2. The topological polar surface area (TPSA) is 52.6 Å². The number of carbonyl (C=O) groups is 2. The molecule has 0 radical (unpaired) electrons. The van der Waals surface area contributed by atoms with Gasteiger partial charge < -0.3 is 9.47 Å². The van der Waals surface area contributed by atoms with Crippen LogP contribution < -0.4 is 0 Å². The van der Waals surface area contributed by atoms with Gasteiger partial charge in [-0.3, -0.25) is 9.59 Å². The second kappa shape index (κ2) is 10.9. The Hall–Kier alpha value is -3.14. The fourth-order valence-electron chi connectivity index (χ4n) is 2.63. The number of hydrogen-bond donors (Lipinski definition) is 0. The van der Waals surface area contributed by atoms with Crippen molar-refractivity contribution in [1.82, 2.24) is 0 Å². The van der Waals surface area contributed by atoms with Crippen LogP contribution in [0.15, 0.2) is 61.7 Å². The van der Waals surface area contributed by atoms with Gasteiger partial charge in [0.2, 0.25) is 0 Å². The normalized spacial score (nSPS) is 10.4. The first-order valence-corrected chi connectivity index (χ1v) is 9.33. The van der Waals surface area contributed by atoms with Gasteiger partial charge >= 0.3 is 11.9 Å². The lowest BCUT2D eigenvalue weighted by Gasteiger charge is -2.15. The van der Waals surface area contributed by atoms with E-state index in [9.17, 15) is 9.59 Å². The number of carbonyl (C=O) groups excluding carboxylic acids is 2. The van der Waals surface area contributed by atoms with Crippen molar-refractivity contribution < 1.29 is 19.1 Å². The SMILES string of the molecule is C=Cc1ccc(COC(=O)C(CCC)C(=O)OCc2ccc(C=C)cc2)cc1. The molecule has 0 amide bonds. The minimum Gasteiger partial charge on any atom is -0.460 e. The number of esters is 2. The van der Waals surface area contributed by atoms with Crippen LogP contribution >= 0.6 is 0 Å². The zero-order chi connectivity index (χ0) is 20.4. The molecule has 0 saturated carbocycles. The van der Waals surface area contributed by atoms with E-state index in [4.69, 9.17) is 9.47 Å². The van der Waals surface area contributed by atoms with E-state index in [1.807, 2.05) is 55.5 Å². The zero-order valence-corrected chi connectivity index (χ0v) is 16.2. The van der Waals surface area contributed by atoms with Crippen molar-refractivity contribution in [2.45, 2.75) is 33.0 Å². The van der Waals surface area contributed by atoms with E-state index in [1.54, 1.807) is 12.2 Å². The maximum absolute atomic E-state index is 12.4. The molecule has 146 valence electrons. The molecule has 0 fully saturated rings. The number of rotatable bonds is 10. The van der Waals surface area contributed by atoms with Gasteiger partial charge in [0.25, 0.3) is 0 Å². The molecule has 2 aromatic rings.